The largest absolute Gasteiger partial charge is 0.340 e. The van der Waals surface area contributed by atoms with Crippen LogP contribution in [0.25, 0.3) is 11.2 Å². The molecule has 0 unspecified atom stereocenters. The fraction of sp³-hybridized carbons (Fsp3) is 0.154. The van der Waals surface area contributed by atoms with Gasteiger partial charge in [-0.05, 0) is 19.1 Å². The number of carbonyl (C=O) groups excluding carboxylic acids is 1. The summed E-state index contributed by atoms with van der Waals surface area (Å²) >= 11 is 1.39. The first-order valence-electron chi connectivity index (χ1n) is 6.26. The number of aromatic nitrogens is 5. The molecular formula is C13H12N6OS. The molecule has 3 heterocycles. The van der Waals surface area contributed by atoms with Gasteiger partial charge in [0.05, 0.1) is 16.6 Å². The zero-order valence-electron chi connectivity index (χ0n) is 11.1. The molecule has 21 heavy (non-hydrogen) atoms. The minimum atomic E-state index is -0.298. The summed E-state index contributed by atoms with van der Waals surface area (Å²) in [5.74, 6) is 0.274. The Kier molecular flexibility index (Phi) is 3.78. The van der Waals surface area contributed by atoms with Gasteiger partial charge in [0.1, 0.15) is 11.8 Å². The third-order valence-electron chi connectivity index (χ3n) is 2.77. The number of H-pyrrole nitrogens is 1. The van der Waals surface area contributed by atoms with Crippen LogP contribution >= 0.6 is 11.8 Å². The summed E-state index contributed by atoms with van der Waals surface area (Å²) in [5.41, 5.74) is 1.13. The molecule has 0 aromatic carbocycles. The van der Waals surface area contributed by atoms with Crippen molar-refractivity contribution in [2.75, 3.05) is 5.32 Å². The van der Waals surface area contributed by atoms with E-state index in [1.54, 1.807) is 6.20 Å². The maximum Gasteiger partial charge on any atom is 0.238 e. The molecular weight excluding hydrogens is 288 g/mol. The standard InChI is InChI=1S/C13H12N6OS/c1-8(21-9-4-2-3-5-14-9)13(20)19-12-10-11(16-6-15-10)17-7-18-12/h2-8H,1H3,(H2,15,16,17,18,19,20)/t8-/m1/s1. The molecule has 0 bridgehead atoms. The predicted octanol–water partition coefficient (Wildman–Crippen LogP) is 1.87. The van der Waals surface area contributed by atoms with E-state index in [4.69, 9.17) is 0 Å². The number of fused-ring (bicyclic) bond motifs is 1. The highest BCUT2D eigenvalue weighted by molar-refractivity contribution is 8.00. The van der Waals surface area contributed by atoms with Gasteiger partial charge in [-0.25, -0.2) is 19.9 Å². The van der Waals surface area contributed by atoms with Crippen LogP contribution in [0, 0.1) is 0 Å². The molecule has 1 atom stereocenters. The topological polar surface area (TPSA) is 96.5 Å². The van der Waals surface area contributed by atoms with Gasteiger partial charge in [0.2, 0.25) is 5.91 Å². The molecule has 0 aliphatic rings. The summed E-state index contributed by atoms with van der Waals surface area (Å²) in [6.07, 6.45) is 4.59. The molecule has 0 saturated heterocycles. The van der Waals surface area contributed by atoms with Crippen LogP contribution in [-0.4, -0.2) is 36.1 Å². The van der Waals surface area contributed by atoms with Crippen molar-refractivity contribution in [1.29, 1.82) is 0 Å². The Hall–Kier alpha value is -2.48. The van der Waals surface area contributed by atoms with Gasteiger partial charge >= 0.3 is 0 Å². The Morgan fingerprint density at radius 2 is 2.19 bits per heavy atom. The van der Waals surface area contributed by atoms with Crippen LogP contribution < -0.4 is 5.32 Å². The van der Waals surface area contributed by atoms with Crippen LogP contribution in [0.15, 0.2) is 42.1 Å². The second kappa shape index (κ2) is 5.88. The van der Waals surface area contributed by atoms with Crippen LogP contribution in [0.1, 0.15) is 6.92 Å². The molecule has 3 aromatic heterocycles. The summed E-state index contributed by atoms with van der Waals surface area (Å²) in [4.78, 5) is 31.4. The van der Waals surface area contributed by atoms with Crippen molar-refractivity contribution in [3.05, 3.63) is 37.1 Å². The first-order chi connectivity index (χ1) is 10.2. The number of hydrogen-bond acceptors (Lipinski definition) is 6. The molecule has 2 N–H and O–H groups in total. The molecule has 8 heteroatoms. The Morgan fingerprint density at radius 1 is 1.29 bits per heavy atom. The highest BCUT2D eigenvalue weighted by Gasteiger charge is 2.17. The van der Waals surface area contributed by atoms with Crippen molar-refractivity contribution in [3.8, 4) is 0 Å². The van der Waals surface area contributed by atoms with Gasteiger partial charge in [-0.1, -0.05) is 17.8 Å². The fourth-order valence-electron chi connectivity index (χ4n) is 1.73. The number of pyridine rings is 1. The van der Waals surface area contributed by atoms with Crippen molar-refractivity contribution in [3.63, 3.8) is 0 Å². The van der Waals surface area contributed by atoms with E-state index in [0.29, 0.717) is 17.0 Å². The van der Waals surface area contributed by atoms with Gasteiger partial charge in [0.25, 0.3) is 0 Å². The van der Waals surface area contributed by atoms with Crippen LogP contribution in [-0.2, 0) is 4.79 Å². The van der Waals surface area contributed by atoms with E-state index in [-0.39, 0.29) is 11.2 Å². The summed E-state index contributed by atoms with van der Waals surface area (Å²) in [6, 6.07) is 5.59. The number of rotatable bonds is 4. The second-order valence-corrected chi connectivity index (χ2v) is 5.60. The predicted molar refractivity (Wildman–Crippen MR) is 79.9 cm³/mol. The number of hydrogen-bond donors (Lipinski definition) is 2. The van der Waals surface area contributed by atoms with E-state index in [1.807, 2.05) is 25.1 Å². The average Bonchev–Trinajstić information content (AvgIpc) is 2.98. The Balaban J connectivity index is 1.72. The number of imidazole rings is 1. The number of nitrogens with zero attached hydrogens (tertiary/aromatic N) is 4. The van der Waals surface area contributed by atoms with E-state index >= 15 is 0 Å². The highest BCUT2D eigenvalue weighted by atomic mass is 32.2. The molecule has 0 spiro atoms. The van der Waals surface area contributed by atoms with Crippen LogP contribution in [0.5, 0.6) is 0 Å². The second-order valence-electron chi connectivity index (χ2n) is 4.24. The molecule has 7 nitrogen and oxygen atoms in total. The number of aromatic amines is 1. The van der Waals surface area contributed by atoms with Crippen LogP contribution in [0.3, 0.4) is 0 Å². The third-order valence-corrected chi connectivity index (χ3v) is 3.82. The lowest BCUT2D eigenvalue weighted by Crippen LogP contribution is -2.23. The molecule has 0 aliphatic carbocycles. The summed E-state index contributed by atoms with van der Waals surface area (Å²) < 4.78 is 0. The SMILES string of the molecule is C[C@@H](Sc1ccccn1)C(=O)Nc1ncnc2nc[nH]c12. The lowest BCUT2D eigenvalue weighted by atomic mass is 10.4. The normalized spacial score (nSPS) is 12.2. The van der Waals surface area contributed by atoms with Gasteiger partial charge in [-0.15, -0.1) is 0 Å². The van der Waals surface area contributed by atoms with Crippen molar-refractivity contribution in [2.24, 2.45) is 0 Å². The zero-order valence-corrected chi connectivity index (χ0v) is 12.0. The molecule has 0 aliphatic heterocycles. The minimum Gasteiger partial charge on any atom is -0.340 e. The highest BCUT2D eigenvalue weighted by Crippen LogP contribution is 2.22. The molecule has 3 rings (SSSR count). The summed E-state index contributed by atoms with van der Waals surface area (Å²) in [7, 11) is 0. The van der Waals surface area contributed by atoms with Gasteiger partial charge < -0.3 is 10.3 Å². The summed E-state index contributed by atoms with van der Waals surface area (Å²) in [6.45, 7) is 1.82. The molecule has 106 valence electrons. The van der Waals surface area contributed by atoms with Crippen LogP contribution in [0.4, 0.5) is 5.82 Å². The minimum absolute atomic E-state index is 0.153. The molecule has 1 amide bonds. The first-order valence-corrected chi connectivity index (χ1v) is 7.14. The summed E-state index contributed by atoms with van der Waals surface area (Å²) in [5, 5.41) is 3.28. The number of anilines is 1. The van der Waals surface area contributed by atoms with Gasteiger partial charge in [-0.3, -0.25) is 4.79 Å². The first kappa shape index (κ1) is 13.5. The molecule has 0 fully saturated rings. The van der Waals surface area contributed by atoms with E-state index in [1.165, 1.54) is 24.4 Å². The lowest BCUT2D eigenvalue weighted by Gasteiger charge is -2.11. The molecule has 0 radical (unpaired) electrons. The molecule has 3 aromatic rings. The Labute approximate surface area is 124 Å². The Bertz CT molecular complexity index is 759. The van der Waals surface area contributed by atoms with E-state index in [9.17, 15) is 4.79 Å². The van der Waals surface area contributed by atoms with Gasteiger partial charge in [-0.2, -0.15) is 0 Å². The lowest BCUT2D eigenvalue weighted by molar-refractivity contribution is -0.115. The smallest absolute Gasteiger partial charge is 0.238 e. The van der Waals surface area contributed by atoms with Crippen molar-refractivity contribution in [2.45, 2.75) is 17.2 Å². The number of nitrogens with one attached hydrogen (secondary N) is 2. The van der Waals surface area contributed by atoms with E-state index < -0.39 is 0 Å². The number of carbonyl (C=O) groups is 1. The third kappa shape index (κ3) is 3.00. The van der Waals surface area contributed by atoms with Crippen molar-refractivity contribution >= 4 is 34.7 Å². The fourth-order valence-corrected chi connectivity index (χ4v) is 2.54. The van der Waals surface area contributed by atoms with Crippen molar-refractivity contribution in [1.82, 2.24) is 24.9 Å². The van der Waals surface area contributed by atoms with Crippen molar-refractivity contribution < 1.29 is 4.79 Å². The quantitative estimate of drug-likeness (QED) is 0.714. The maximum absolute atomic E-state index is 12.2. The maximum atomic E-state index is 12.2. The Morgan fingerprint density at radius 3 is 3.00 bits per heavy atom. The average molecular weight is 300 g/mol. The number of thioether (sulfide) groups is 1. The van der Waals surface area contributed by atoms with Gasteiger partial charge in [0, 0.05) is 6.20 Å². The van der Waals surface area contributed by atoms with Gasteiger partial charge in [0.15, 0.2) is 11.5 Å². The number of amides is 1. The molecule has 0 saturated carbocycles. The monoisotopic (exact) mass is 300 g/mol. The van der Waals surface area contributed by atoms with Crippen LogP contribution in [0.2, 0.25) is 0 Å². The van der Waals surface area contributed by atoms with E-state index in [0.717, 1.165) is 5.03 Å². The zero-order chi connectivity index (χ0) is 14.7. The van der Waals surface area contributed by atoms with E-state index in [2.05, 4.69) is 30.2 Å².